The monoisotopic (exact) mass is 394 g/mol. The maximum Gasteiger partial charge on any atom is 0.234 e. The quantitative estimate of drug-likeness (QED) is 0.647. The molecule has 3 heterocycles. The molecule has 28 heavy (non-hydrogen) atoms. The highest BCUT2D eigenvalue weighted by atomic mass is 32.2. The predicted octanol–water partition coefficient (Wildman–Crippen LogP) is 3.21. The minimum Gasteiger partial charge on any atom is -0.372 e. The second-order valence-electron chi connectivity index (χ2n) is 6.68. The van der Waals surface area contributed by atoms with E-state index in [9.17, 15) is 4.79 Å². The molecule has 2 aromatic heterocycles. The maximum absolute atomic E-state index is 12.3. The Labute approximate surface area is 168 Å². The summed E-state index contributed by atoms with van der Waals surface area (Å²) in [6.07, 6.45) is 5.94. The van der Waals surface area contributed by atoms with Gasteiger partial charge in [0.15, 0.2) is 11.0 Å². The van der Waals surface area contributed by atoms with Crippen LogP contribution >= 0.6 is 11.8 Å². The van der Waals surface area contributed by atoms with Crippen LogP contribution in [-0.4, -0.2) is 44.5 Å². The Morgan fingerprint density at radius 2 is 1.79 bits per heavy atom. The van der Waals surface area contributed by atoms with E-state index in [0.717, 1.165) is 30.2 Å². The van der Waals surface area contributed by atoms with Gasteiger partial charge in [-0.15, -0.1) is 10.2 Å². The Kier molecular flexibility index (Phi) is 5.57. The third-order valence-corrected chi connectivity index (χ3v) is 5.75. The molecule has 0 atom stereocenters. The molecule has 1 saturated heterocycles. The van der Waals surface area contributed by atoms with E-state index >= 15 is 0 Å². The van der Waals surface area contributed by atoms with Gasteiger partial charge in [0.05, 0.1) is 5.75 Å². The van der Waals surface area contributed by atoms with E-state index in [-0.39, 0.29) is 11.7 Å². The fraction of sp³-hybridized carbons (Fsp3) is 0.300. The van der Waals surface area contributed by atoms with Gasteiger partial charge in [-0.3, -0.25) is 9.78 Å². The number of pyridine rings is 1. The van der Waals surface area contributed by atoms with Crippen LogP contribution in [0.5, 0.6) is 0 Å². The second-order valence-corrected chi connectivity index (χ2v) is 7.62. The summed E-state index contributed by atoms with van der Waals surface area (Å²) in [7, 11) is 1.90. The van der Waals surface area contributed by atoms with Crippen LogP contribution in [0.4, 0.5) is 11.4 Å². The maximum atomic E-state index is 12.3. The average Bonchev–Trinajstić information content (AvgIpc) is 3.38. The normalized spacial score (nSPS) is 13.7. The lowest BCUT2D eigenvalue weighted by Crippen LogP contribution is -2.18. The van der Waals surface area contributed by atoms with Crippen molar-refractivity contribution >= 4 is 29.0 Å². The van der Waals surface area contributed by atoms with Crippen LogP contribution in [0.25, 0.3) is 11.4 Å². The summed E-state index contributed by atoms with van der Waals surface area (Å²) in [5.74, 6) is 0.964. The van der Waals surface area contributed by atoms with Crippen molar-refractivity contribution in [1.29, 1.82) is 0 Å². The Balaban J connectivity index is 1.33. The van der Waals surface area contributed by atoms with Crippen LogP contribution in [0.3, 0.4) is 0 Å². The number of hydrogen-bond acceptors (Lipinski definition) is 6. The van der Waals surface area contributed by atoms with Gasteiger partial charge < -0.3 is 14.8 Å². The molecule has 1 N–H and O–H groups in total. The minimum absolute atomic E-state index is 0.0626. The molecule has 1 aliphatic rings. The zero-order valence-corrected chi connectivity index (χ0v) is 16.5. The van der Waals surface area contributed by atoms with Crippen molar-refractivity contribution < 1.29 is 4.79 Å². The van der Waals surface area contributed by atoms with Crippen LogP contribution in [0, 0.1) is 0 Å². The van der Waals surface area contributed by atoms with Crippen molar-refractivity contribution in [2.75, 3.05) is 29.1 Å². The molecular formula is C20H22N6OS. The van der Waals surface area contributed by atoms with E-state index in [2.05, 4.69) is 37.5 Å². The molecular weight excluding hydrogens is 372 g/mol. The number of carbonyl (C=O) groups excluding carboxylic acids is 1. The molecule has 0 spiro atoms. The van der Waals surface area contributed by atoms with Gasteiger partial charge in [-0.1, -0.05) is 11.8 Å². The molecule has 8 heteroatoms. The van der Waals surface area contributed by atoms with Gasteiger partial charge in [0.2, 0.25) is 5.91 Å². The highest BCUT2D eigenvalue weighted by molar-refractivity contribution is 7.99. The number of carbonyl (C=O) groups is 1. The molecule has 144 valence electrons. The van der Waals surface area contributed by atoms with Gasteiger partial charge in [-0.05, 0) is 49.2 Å². The molecule has 0 aliphatic carbocycles. The number of hydrogen-bond donors (Lipinski definition) is 1. The summed E-state index contributed by atoms with van der Waals surface area (Å²) >= 11 is 1.37. The molecule has 0 unspecified atom stereocenters. The van der Waals surface area contributed by atoms with Gasteiger partial charge >= 0.3 is 0 Å². The van der Waals surface area contributed by atoms with Crippen LogP contribution in [0.1, 0.15) is 12.8 Å². The number of anilines is 2. The van der Waals surface area contributed by atoms with E-state index in [1.54, 1.807) is 12.4 Å². The molecule has 0 bridgehead atoms. The molecule has 0 radical (unpaired) electrons. The highest BCUT2D eigenvalue weighted by Crippen LogP contribution is 2.24. The second kappa shape index (κ2) is 8.43. The number of aromatic nitrogens is 4. The Bertz CT molecular complexity index is 935. The molecule has 3 aromatic rings. The van der Waals surface area contributed by atoms with Crippen molar-refractivity contribution in [3.05, 3.63) is 48.8 Å². The lowest BCUT2D eigenvalue weighted by molar-refractivity contribution is -0.113. The third kappa shape index (κ3) is 4.17. The summed E-state index contributed by atoms with van der Waals surface area (Å²) < 4.78 is 1.89. The van der Waals surface area contributed by atoms with Crippen molar-refractivity contribution in [2.45, 2.75) is 18.0 Å². The molecule has 1 fully saturated rings. The largest absolute Gasteiger partial charge is 0.372 e. The first kappa shape index (κ1) is 18.5. The molecule has 1 aromatic carbocycles. The summed E-state index contributed by atoms with van der Waals surface area (Å²) in [4.78, 5) is 18.7. The molecule has 1 aliphatic heterocycles. The average molecular weight is 395 g/mol. The third-order valence-electron chi connectivity index (χ3n) is 4.73. The van der Waals surface area contributed by atoms with Crippen LogP contribution in [0.15, 0.2) is 53.9 Å². The predicted molar refractivity (Wildman–Crippen MR) is 111 cm³/mol. The Hall–Kier alpha value is -2.87. The first-order chi connectivity index (χ1) is 13.7. The van der Waals surface area contributed by atoms with E-state index < -0.39 is 0 Å². The van der Waals surface area contributed by atoms with Gasteiger partial charge in [0.25, 0.3) is 0 Å². The van der Waals surface area contributed by atoms with E-state index in [1.165, 1.54) is 30.3 Å². The van der Waals surface area contributed by atoms with Crippen LogP contribution in [0.2, 0.25) is 0 Å². The number of rotatable bonds is 6. The first-order valence-corrected chi connectivity index (χ1v) is 10.3. The van der Waals surface area contributed by atoms with Crippen LogP contribution in [-0.2, 0) is 11.8 Å². The minimum atomic E-state index is -0.0626. The van der Waals surface area contributed by atoms with Gasteiger partial charge in [-0.25, -0.2) is 0 Å². The standard InChI is InChI=1S/C20H22N6OS/c1-25-19(15-8-10-21-11-9-15)23-24-20(25)28-14-18(27)22-16-4-6-17(7-5-16)26-12-2-3-13-26/h4-11H,2-3,12-14H2,1H3,(H,22,27). The fourth-order valence-electron chi connectivity index (χ4n) is 3.25. The molecule has 1 amide bonds. The van der Waals surface area contributed by atoms with E-state index in [1.807, 2.05) is 35.9 Å². The first-order valence-electron chi connectivity index (χ1n) is 9.28. The van der Waals surface area contributed by atoms with Crippen molar-refractivity contribution in [3.63, 3.8) is 0 Å². The molecule has 0 saturated carbocycles. The fourth-order valence-corrected chi connectivity index (χ4v) is 3.96. The zero-order chi connectivity index (χ0) is 19.3. The SMILES string of the molecule is Cn1c(SCC(=O)Nc2ccc(N3CCCC3)cc2)nnc1-c1ccncc1. The van der Waals surface area contributed by atoms with Crippen molar-refractivity contribution in [2.24, 2.45) is 7.05 Å². The number of nitrogens with zero attached hydrogens (tertiary/aromatic N) is 5. The van der Waals surface area contributed by atoms with Gasteiger partial charge in [0, 0.05) is 49.5 Å². The van der Waals surface area contributed by atoms with Gasteiger partial charge in [0.1, 0.15) is 0 Å². The van der Waals surface area contributed by atoms with Crippen LogP contribution < -0.4 is 10.2 Å². The van der Waals surface area contributed by atoms with Crippen molar-refractivity contribution in [3.8, 4) is 11.4 Å². The van der Waals surface area contributed by atoms with Crippen molar-refractivity contribution in [1.82, 2.24) is 19.7 Å². The number of nitrogens with one attached hydrogen (secondary N) is 1. The number of amides is 1. The topological polar surface area (TPSA) is 75.9 Å². The number of benzene rings is 1. The van der Waals surface area contributed by atoms with E-state index in [4.69, 9.17) is 0 Å². The lowest BCUT2D eigenvalue weighted by atomic mass is 10.2. The number of thioether (sulfide) groups is 1. The van der Waals surface area contributed by atoms with Gasteiger partial charge in [-0.2, -0.15) is 0 Å². The molecule has 7 nitrogen and oxygen atoms in total. The summed E-state index contributed by atoms with van der Waals surface area (Å²) in [6.45, 7) is 2.23. The molecule has 4 rings (SSSR count). The lowest BCUT2D eigenvalue weighted by Gasteiger charge is -2.17. The zero-order valence-electron chi connectivity index (χ0n) is 15.7. The highest BCUT2D eigenvalue weighted by Gasteiger charge is 2.14. The smallest absolute Gasteiger partial charge is 0.234 e. The summed E-state index contributed by atoms with van der Waals surface area (Å²) in [5.41, 5.74) is 2.97. The summed E-state index contributed by atoms with van der Waals surface area (Å²) in [5, 5.41) is 12.1. The summed E-state index contributed by atoms with van der Waals surface area (Å²) in [6, 6.07) is 11.8. The Morgan fingerprint density at radius 1 is 1.07 bits per heavy atom. The van der Waals surface area contributed by atoms with E-state index in [0.29, 0.717) is 5.16 Å². The Morgan fingerprint density at radius 3 is 2.50 bits per heavy atom.